The van der Waals surface area contributed by atoms with Crippen molar-refractivity contribution in [2.75, 3.05) is 5.32 Å². The van der Waals surface area contributed by atoms with Gasteiger partial charge in [-0.2, -0.15) is 0 Å². The van der Waals surface area contributed by atoms with Crippen LogP contribution >= 0.6 is 11.3 Å². The first kappa shape index (κ1) is 13.7. The normalized spacial score (nSPS) is 12.1. The number of nitrogens with zero attached hydrogens (tertiary/aromatic N) is 1. The van der Waals surface area contributed by atoms with Crippen LogP contribution < -0.4 is 11.1 Å². The Bertz CT molecular complexity index is 522. The summed E-state index contributed by atoms with van der Waals surface area (Å²) in [5.74, 6) is -0.135. The number of nitrogens with two attached hydrogens (primary N) is 1. The Balaban J connectivity index is 2.01. The summed E-state index contributed by atoms with van der Waals surface area (Å²) in [6.45, 7) is 2.01. The molecule has 5 heteroatoms. The molecule has 1 amide bonds. The van der Waals surface area contributed by atoms with E-state index in [1.165, 1.54) is 0 Å². The number of carbonyl (C=O) groups is 1. The van der Waals surface area contributed by atoms with Crippen molar-refractivity contribution in [3.63, 3.8) is 0 Å². The van der Waals surface area contributed by atoms with E-state index in [9.17, 15) is 4.79 Å². The zero-order valence-corrected chi connectivity index (χ0v) is 11.6. The van der Waals surface area contributed by atoms with Crippen molar-refractivity contribution in [1.82, 2.24) is 4.98 Å². The molecule has 4 nitrogen and oxygen atoms in total. The summed E-state index contributed by atoms with van der Waals surface area (Å²) in [5.41, 5.74) is 7.57. The van der Waals surface area contributed by atoms with Crippen LogP contribution in [0.3, 0.4) is 0 Å². The fraction of sp³-hybridized carbons (Fsp3) is 0.286. The van der Waals surface area contributed by atoms with E-state index >= 15 is 0 Å². The Morgan fingerprint density at radius 1 is 1.42 bits per heavy atom. The Hall–Kier alpha value is -1.72. The largest absolute Gasteiger partial charge is 0.325 e. The van der Waals surface area contributed by atoms with Gasteiger partial charge in [0.2, 0.25) is 5.91 Å². The van der Waals surface area contributed by atoms with Crippen molar-refractivity contribution < 1.29 is 4.79 Å². The van der Waals surface area contributed by atoms with E-state index in [0.29, 0.717) is 6.42 Å². The Morgan fingerprint density at radius 3 is 2.74 bits per heavy atom. The third-order valence-corrected chi connectivity index (χ3v) is 3.59. The fourth-order valence-electron chi connectivity index (χ4n) is 1.74. The molecule has 1 aromatic heterocycles. The van der Waals surface area contributed by atoms with Gasteiger partial charge < -0.3 is 11.1 Å². The molecule has 1 heterocycles. The number of benzene rings is 1. The number of nitrogens with one attached hydrogen (secondary N) is 1. The summed E-state index contributed by atoms with van der Waals surface area (Å²) >= 11 is 1.59. The van der Waals surface area contributed by atoms with Crippen molar-refractivity contribution >= 4 is 22.9 Å². The number of aromatic nitrogens is 1. The second-order valence-electron chi connectivity index (χ2n) is 4.30. The first-order valence-electron chi connectivity index (χ1n) is 6.27. The van der Waals surface area contributed by atoms with Crippen LogP contribution in [0.25, 0.3) is 10.6 Å². The van der Waals surface area contributed by atoms with Crippen LogP contribution in [0.2, 0.25) is 0 Å². The fourth-order valence-corrected chi connectivity index (χ4v) is 2.38. The summed E-state index contributed by atoms with van der Waals surface area (Å²) in [6, 6.07) is 7.18. The highest BCUT2D eigenvalue weighted by atomic mass is 32.1. The maximum absolute atomic E-state index is 11.8. The smallest absolute Gasteiger partial charge is 0.241 e. The molecule has 19 heavy (non-hydrogen) atoms. The first-order valence-corrected chi connectivity index (χ1v) is 7.15. The molecule has 1 atom stereocenters. The second kappa shape index (κ2) is 6.45. The van der Waals surface area contributed by atoms with E-state index in [4.69, 9.17) is 5.73 Å². The molecule has 0 unspecified atom stereocenters. The van der Waals surface area contributed by atoms with Crippen LogP contribution in [0.1, 0.15) is 19.8 Å². The van der Waals surface area contributed by atoms with Crippen molar-refractivity contribution in [1.29, 1.82) is 0 Å². The zero-order valence-electron chi connectivity index (χ0n) is 10.8. The third kappa shape index (κ3) is 3.62. The van der Waals surface area contributed by atoms with E-state index in [2.05, 4.69) is 10.3 Å². The van der Waals surface area contributed by atoms with Crippen LogP contribution in [-0.2, 0) is 4.79 Å². The van der Waals surface area contributed by atoms with Gasteiger partial charge in [-0.05, 0) is 30.7 Å². The Labute approximate surface area is 116 Å². The Kier molecular flexibility index (Phi) is 4.65. The monoisotopic (exact) mass is 275 g/mol. The van der Waals surface area contributed by atoms with Gasteiger partial charge in [-0.3, -0.25) is 4.79 Å². The summed E-state index contributed by atoms with van der Waals surface area (Å²) in [4.78, 5) is 16.0. The van der Waals surface area contributed by atoms with Crippen LogP contribution in [0.5, 0.6) is 0 Å². The van der Waals surface area contributed by atoms with Gasteiger partial charge in [0.15, 0.2) is 0 Å². The molecule has 100 valence electrons. The molecule has 1 aromatic carbocycles. The summed E-state index contributed by atoms with van der Waals surface area (Å²) in [6.07, 6.45) is 3.38. The first-order chi connectivity index (χ1) is 9.20. The SMILES string of the molecule is CCC[C@H](N)C(=O)Nc1ccc(-c2nccs2)cc1. The summed E-state index contributed by atoms with van der Waals surface area (Å²) in [7, 11) is 0. The lowest BCUT2D eigenvalue weighted by Gasteiger charge is -2.11. The summed E-state index contributed by atoms with van der Waals surface area (Å²) < 4.78 is 0. The van der Waals surface area contributed by atoms with E-state index in [0.717, 1.165) is 22.7 Å². The lowest BCUT2D eigenvalue weighted by molar-refractivity contribution is -0.117. The van der Waals surface area contributed by atoms with Gasteiger partial charge >= 0.3 is 0 Å². The van der Waals surface area contributed by atoms with Crippen molar-refractivity contribution in [3.8, 4) is 10.6 Å². The number of carbonyl (C=O) groups excluding carboxylic acids is 1. The molecule has 3 N–H and O–H groups in total. The van der Waals surface area contributed by atoms with Crippen LogP contribution in [0, 0.1) is 0 Å². The number of rotatable bonds is 5. The molecule has 2 rings (SSSR count). The second-order valence-corrected chi connectivity index (χ2v) is 5.19. The predicted octanol–water partition coefficient (Wildman–Crippen LogP) is 2.88. The predicted molar refractivity (Wildman–Crippen MR) is 79.1 cm³/mol. The molecule has 0 fully saturated rings. The number of amides is 1. The Morgan fingerprint density at radius 2 is 2.16 bits per heavy atom. The van der Waals surface area contributed by atoms with Crippen molar-refractivity contribution in [3.05, 3.63) is 35.8 Å². The molecular formula is C14H17N3OS. The van der Waals surface area contributed by atoms with Gasteiger partial charge in [0, 0.05) is 22.8 Å². The highest BCUT2D eigenvalue weighted by Gasteiger charge is 2.12. The van der Waals surface area contributed by atoms with Crippen LogP contribution in [-0.4, -0.2) is 16.9 Å². The molecule has 0 aliphatic rings. The topological polar surface area (TPSA) is 68.0 Å². The van der Waals surface area contributed by atoms with E-state index < -0.39 is 6.04 Å². The maximum Gasteiger partial charge on any atom is 0.241 e. The number of hydrogen-bond acceptors (Lipinski definition) is 4. The number of thiazole rings is 1. The molecule has 0 bridgehead atoms. The van der Waals surface area contributed by atoms with E-state index in [-0.39, 0.29) is 5.91 Å². The van der Waals surface area contributed by atoms with Gasteiger partial charge in [0.25, 0.3) is 0 Å². The standard InChI is InChI=1S/C14H17N3OS/c1-2-3-12(15)13(18)17-11-6-4-10(5-7-11)14-16-8-9-19-14/h4-9,12H,2-3,15H2,1H3,(H,17,18)/t12-/m0/s1. The highest BCUT2D eigenvalue weighted by Crippen LogP contribution is 2.23. The molecule has 0 radical (unpaired) electrons. The summed E-state index contributed by atoms with van der Waals surface area (Å²) in [5, 5.41) is 5.73. The average Bonchev–Trinajstić information content (AvgIpc) is 2.94. The molecule has 0 saturated heterocycles. The lowest BCUT2D eigenvalue weighted by atomic mass is 10.1. The quantitative estimate of drug-likeness (QED) is 0.881. The molecule has 0 saturated carbocycles. The van der Waals surface area contributed by atoms with Crippen LogP contribution in [0.4, 0.5) is 5.69 Å². The minimum atomic E-state index is -0.441. The highest BCUT2D eigenvalue weighted by molar-refractivity contribution is 7.13. The third-order valence-electron chi connectivity index (χ3n) is 2.77. The van der Waals surface area contributed by atoms with Gasteiger partial charge in [-0.25, -0.2) is 4.98 Å². The van der Waals surface area contributed by atoms with Crippen molar-refractivity contribution in [2.24, 2.45) is 5.73 Å². The molecule has 0 aliphatic heterocycles. The van der Waals surface area contributed by atoms with Gasteiger partial charge in [-0.1, -0.05) is 13.3 Å². The minimum Gasteiger partial charge on any atom is -0.325 e. The van der Waals surface area contributed by atoms with E-state index in [1.54, 1.807) is 17.5 Å². The van der Waals surface area contributed by atoms with Gasteiger partial charge in [0.1, 0.15) is 5.01 Å². The lowest BCUT2D eigenvalue weighted by Crippen LogP contribution is -2.35. The van der Waals surface area contributed by atoms with Crippen molar-refractivity contribution in [2.45, 2.75) is 25.8 Å². The number of anilines is 1. The number of hydrogen-bond donors (Lipinski definition) is 2. The maximum atomic E-state index is 11.8. The van der Waals surface area contributed by atoms with Gasteiger partial charge in [0.05, 0.1) is 6.04 Å². The minimum absolute atomic E-state index is 0.135. The molecule has 2 aromatic rings. The molecule has 0 aliphatic carbocycles. The zero-order chi connectivity index (χ0) is 13.7. The molecular weight excluding hydrogens is 258 g/mol. The van der Waals surface area contributed by atoms with E-state index in [1.807, 2.05) is 36.6 Å². The van der Waals surface area contributed by atoms with Crippen LogP contribution in [0.15, 0.2) is 35.8 Å². The average molecular weight is 275 g/mol. The molecule has 0 spiro atoms. The van der Waals surface area contributed by atoms with Gasteiger partial charge in [-0.15, -0.1) is 11.3 Å².